The van der Waals surface area contributed by atoms with E-state index in [-0.39, 0.29) is 5.91 Å². The molecular weight excluding hydrogens is 298 g/mol. The van der Waals surface area contributed by atoms with Crippen molar-refractivity contribution >= 4 is 17.2 Å². The number of amides is 1. The van der Waals surface area contributed by atoms with Crippen LogP contribution in [0.2, 0.25) is 0 Å². The van der Waals surface area contributed by atoms with Gasteiger partial charge >= 0.3 is 0 Å². The first-order valence-electron chi connectivity index (χ1n) is 6.88. The Morgan fingerprint density at radius 3 is 3.00 bits per heavy atom. The Morgan fingerprint density at radius 2 is 2.23 bits per heavy atom. The number of hydrogen-bond donors (Lipinski definition) is 1. The second-order valence-corrected chi connectivity index (χ2v) is 5.47. The van der Waals surface area contributed by atoms with Gasteiger partial charge in [0.15, 0.2) is 5.82 Å². The lowest BCUT2D eigenvalue weighted by atomic mass is 10.2. The molecule has 22 heavy (non-hydrogen) atoms. The molecule has 0 aliphatic heterocycles. The number of carbonyl (C=O) groups is 1. The molecule has 0 aliphatic carbocycles. The molecule has 3 aromatic rings. The van der Waals surface area contributed by atoms with E-state index in [1.807, 2.05) is 27.6 Å². The zero-order valence-corrected chi connectivity index (χ0v) is 12.7. The molecule has 1 amide bonds. The molecule has 0 unspecified atom stereocenters. The van der Waals surface area contributed by atoms with Crippen molar-refractivity contribution in [1.29, 1.82) is 0 Å². The molecular formula is C15H15N5OS. The molecule has 0 fully saturated rings. The molecule has 7 heteroatoms. The largest absolute Gasteiger partial charge is 0.354 e. The average molecular weight is 313 g/mol. The highest BCUT2D eigenvalue weighted by molar-refractivity contribution is 7.07. The van der Waals surface area contributed by atoms with Crippen molar-refractivity contribution in [2.24, 2.45) is 0 Å². The lowest BCUT2D eigenvalue weighted by Gasteiger charge is -2.08. The maximum Gasteiger partial charge on any atom is 0.224 e. The standard InChI is InChI=1S/C15H15N5OS/c21-14(9-12-1-8-22-11-12)18-4-6-20-7-5-19-15(20)13-10-16-2-3-17-13/h1-3,5,7-8,10-11H,4,6,9H2,(H,18,21). The second-order valence-electron chi connectivity index (χ2n) is 4.69. The number of carbonyl (C=O) groups excluding carboxylic acids is 1. The van der Waals surface area contributed by atoms with Gasteiger partial charge in [-0.25, -0.2) is 9.97 Å². The van der Waals surface area contributed by atoms with Crippen molar-refractivity contribution in [3.8, 4) is 11.5 Å². The quantitative estimate of drug-likeness (QED) is 0.752. The minimum absolute atomic E-state index is 0.0274. The van der Waals surface area contributed by atoms with E-state index in [2.05, 4.69) is 20.3 Å². The zero-order chi connectivity index (χ0) is 15.2. The van der Waals surface area contributed by atoms with Gasteiger partial charge in [-0.15, -0.1) is 0 Å². The van der Waals surface area contributed by atoms with Crippen molar-refractivity contribution in [3.63, 3.8) is 0 Å². The summed E-state index contributed by atoms with van der Waals surface area (Å²) in [4.78, 5) is 24.4. The molecule has 0 radical (unpaired) electrons. The van der Waals surface area contributed by atoms with Crippen LogP contribution in [0.5, 0.6) is 0 Å². The van der Waals surface area contributed by atoms with Crippen LogP contribution in [-0.2, 0) is 17.8 Å². The van der Waals surface area contributed by atoms with Gasteiger partial charge in [0.25, 0.3) is 0 Å². The fourth-order valence-corrected chi connectivity index (χ4v) is 2.76. The molecule has 0 aromatic carbocycles. The highest BCUT2D eigenvalue weighted by Gasteiger charge is 2.08. The van der Waals surface area contributed by atoms with Crippen molar-refractivity contribution < 1.29 is 4.79 Å². The van der Waals surface area contributed by atoms with Gasteiger partial charge in [-0.2, -0.15) is 11.3 Å². The van der Waals surface area contributed by atoms with Crippen LogP contribution in [0.1, 0.15) is 5.56 Å². The van der Waals surface area contributed by atoms with E-state index in [1.165, 1.54) is 0 Å². The van der Waals surface area contributed by atoms with Gasteiger partial charge in [-0.1, -0.05) is 0 Å². The maximum absolute atomic E-state index is 11.8. The Balaban J connectivity index is 1.54. The number of thiophene rings is 1. The van der Waals surface area contributed by atoms with Gasteiger partial charge in [-0.3, -0.25) is 9.78 Å². The predicted molar refractivity (Wildman–Crippen MR) is 84.3 cm³/mol. The van der Waals surface area contributed by atoms with Crippen LogP contribution < -0.4 is 5.32 Å². The second kappa shape index (κ2) is 6.95. The summed E-state index contributed by atoms with van der Waals surface area (Å²) < 4.78 is 1.95. The summed E-state index contributed by atoms with van der Waals surface area (Å²) in [7, 11) is 0. The van der Waals surface area contributed by atoms with Crippen molar-refractivity contribution in [2.75, 3.05) is 6.54 Å². The number of hydrogen-bond acceptors (Lipinski definition) is 5. The smallest absolute Gasteiger partial charge is 0.224 e. The van der Waals surface area contributed by atoms with Crippen molar-refractivity contribution in [2.45, 2.75) is 13.0 Å². The highest BCUT2D eigenvalue weighted by Crippen LogP contribution is 2.12. The third kappa shape index (κ3) is 3.56. The SMILES string of the molecule is O=C(Cc1ccsc1)NCCn1ccnc1-c1cnccn1. The molecule has 3 aromatic heterocycles. The van der Waals surface area contributed by atoms with Gasteiger partial charge < -0.3 is 9.88 Å². The summed E-state index contributed by atoms with van der Waals surface area (Å²) in [5, 5.41) is 6.88. The van der Waals surface area contributed by atoms with E-state index >= 15 is 0 Å². The molecule has 3 rings (SSSR count). The predicted octanol–water partition coefficient (Wildman–Crippen LogP) is 1.76. The summed E-state index contributed by atoms with van der Waals surface area (Å²) in [6.45, 7) is 1.19. The number of aromatic nitrogens is 4. The first-order valence-corrected chi connectivity index (χ1v) is 7.82. The molecule has 1 N–H and O–H groups in total. The maximum atomic E-state index is 11.8. The Morgan fingerprint density at radius 1 is 1.27 bits per heavy atom. The first kappa shape index (κ1) is 14.4. The lowest BCUT2D eigenvalue weighted by Crippen LogP contribution is -2.28. The topological polar surface area (TPSA) is 72.7 Å². The Kier molecular flexibility index (Phi) is 4.55. The summed E-state index contributed by atoms with van der Waals surface area (Å²) in [5.74, 6) is 0.778. The fourth-order valence-electron chi connectivity index (χ4n) is 2.09. The van der Waals surface area contributed by atoms with Gasteiger partial charge in [0, 0.05) is 37.9 Å². The number of rotatable bonds is 6. The summed E-state index contributed by atoms with van der Waals surface area (Å²) >= 11 is 1.60. The lowest BCUT2D eigenvalue weighted by molar-refractivity contribution is -0.120. The van der Waals surface area contributed by atoms with Crippen LogP contribution in [0.3, 0.4) is 0 Å². The Bertz CT molecular complexity index is 723. The Hall–Kier alpha value is -2.54. The van der Waals surface area contributed by atoms with Crippen LogP contribution in [0.4, 0.5) is 0 Å². The highest BCUT2D eigenvalue weighted by atomic mass is 32.1. The van der Waals surface area contributed by atoms with Crippen LogP contribution >= 0.6 is 11.3 Å². The summed E-state index contributed by atoms with van der Waals surface area (Å²) in [6, 6.07) is 1.96. The average Bonchev–Trinajstić information content (AvgIpc) is 3.20. The van der Waals surface area contributed by atoms with Gasteiger partial charge in [0.1, 0.15) is 5.69 Å². The van der Waals surface area contributed by atoms with Gasteiger partial charge in [0.05, 0.1) is 12.6 Å². The summed E-state index contributed by atoms with van der Waals surface area (Å²) in [6.07, 6.45) is 8.95. The molecule has 0 aliphatic rings. The number of nitrogens with one attached hydrogen (secondary N) is 1. The molecule has 3 heterocycles. The molecule has 6 nitrogen and oxygen atoms in total. The Labute approximate surface area is 131 Å². The van der Waals surface area contributed by atoms with E-state index in [4.69, 9.17) is 0 Å². The van der Waals surface area contributed by atoms with Crippen molar-refractivity contribution in [3.05, 3.63) is 53.4 Å². The molecule has 0 saturated heterocycles. The van der Waals surface area contributed by atoms with E-state index in [1.54, 1.807) is 36.1 Å². The third-order valence-corrected chi connectivity index (χ3v) is 3.86. The van der Waals surface area contributed by atoms with E-state index in [0.717, 1.165) is 17.1 Å². The van der Waals surface area contributed by atoms with Crippen LogP contribution in [-0.4, -0.2) is 32.0 Å². The zero-order valence-electron chi connectivity index (χ0n) is 11.8. The number of nitrogens with zero attached hydrogens (tertiary/aromatic N) is 4. The first-order chi connectivity index (χ1) is 10.8. The molecule has 0 saturated carbocycles. The minimum Gasteiger partial charge on any atom is -0.354 e. The summed E-state index contributed by atoms with van der Waals surface area (Å²) in [5.41, 5.74) is 1.77. The molecule has 0 bridgehead atoms. The van der Waals surface area contributed by atoms with E-state index < -0.39 is 0 Å². The monoisotopic (exact) mass is 313 g/mol. The molecule has 0 spiro atoms. The fraction of sp³-hybridized carbons (Fsp3) is 0.200. The van der Waals surface area contributed by atoms with E-state index in [0.29, 0.717) is 19.5 Å². The van der Waals surface area contributed by atoms with Gasteiger partial charge in [-0.05, 0) is 22.4 Å². The number of imidazole rings is 1. The third-order valence-electron chi connectivity index (χ3n) is 3.13. The van der Waals surface area contributed by atoms with Crippen LogP contribution in [0.15, 0.2) is 47.8 Å². The minimum atomic E-state index is 0.0274. The van der Waals surface area contributed by atoms with E-state index in [9.17, 15) is 4.79 Å². The molecule has 112 valence electrons. The molecule has 0 atom stereocenters. The van der Waals surface area contributed by atoms with Crippen LogP contribution in [0, 0.1) is 0 Å². The van der Waals surface area contributed by atoms with Gasteiger partial charge in [0.2, 0.25) is 5.91 Å². The normalized spacial score (nSPS) is 10.5. The van der Waals surface area contributed by atoms with Crippen molar-refractivity contribution in [1.82, 2.24) is 24.8 Å². The van der Waals surface area contributed by atoms with Crippen LogP contribution in [0.25, 0.3) is 11.5 Å².